The molecule has 0 N–H and O–H groups in total. The van der Waals surface area contributed by atoms with E-state index in [2.05, 4.69) is 6.58 Å². The zero-order valence-electron chi connectivity index (χ0n) is 18.2. The van der Waals surface area contributed by atoms with E-state index >= 15 is 0 Å². The average molecular weight is 500 g/mol. The summed E-state index contributed by atoms with van der Waals surface area (Å²) in [4.78, 5) is 48.8. The summed E-state index contributed by atoms with van der Waals surface area (Å²) in [5, 5.41) is 9.67. The van der Waals surface area contributed by atoms with E-state index in [1.165, 1.54) is 24.3 Å². The van der Waals surface area contributed by atoms with Crippen molar-refractivity contribution < 1.29 is 37.7 Å². The second-order valence-corrected chi connectivity index (χ2v) is 9.35. The molecule has 2 saturated heterocycles. The van der Waals surface area contributed by atoms with Crippen molar-refractivity contribution in [2.24, 2.45) is 0 Å². The highest BCUT2D eigenvalue weighted by Crippen LogP contribution is 2.36. The molecular formula is C23H20N2O9S. The van der Waals surface area contributed by atoms with Gasteiger partial charge in [0, 0.05) is 17.9 Å². The molecule has 0 saturated carbocycles. The van der Waals surface area contributed by atoms with E-state index in [0.29, 0.717) is 5.56 Å². The van der Waals surface area contributed by atoms with Gasteiger partial charge in [0.1, 0.15) is 13.2 Å². The number of hydrogen-bond donors (Lipinski definition) is 0. The number of β-lactam (4-membered cyclic amide) rings is 1. The van der Waals surface area contributed by atoms with Crippen LogP contribution in [0.3, 0.4) is 0 Å². The first-order valence-corrected chi connectivity index (χ1v) is 11.8. The molecule has 1 amide bonds. The summed E-state index contributed by atoms with van der Waals surface area (Å²) in [5.41, 5.74) is 1.38. The highest BCUT2D eigenvalue weighted by atomic mass is 32.2. The zero-order valence-corrected chi connectivity index (χ0v) is 19.1. The SMILES string of the molecule is C=C1CS(=O)[C@@H]2[C@@H](OC(=O)OCc3ccc([N+](=O)[O-])cc3)C(=O)N2C1C(=O)OCc1ccccc1. The Morgan fingerprint density at radius 3 is 2.34 bits per heavy atom. The standard InChI is InChI=1S/C23H20N2O9S/c1-14-13-35(31)21-19(34-23(28)33-12-16-7-9-17(10-8-16)25(29)30)20(26)24(21)18(14)22(27)32-11-15-5-3-2-4-6-15/h2-10,18-19,21H,1,11-13H2/t18?,19-,21+,35?/m0/s1. The van der Waals surface area contributed by atoms with Gasteiger partial charge in [0.2, 0.25) is 6.10 Å². The van der Waals surface area contributed by atoms with Gasteiger partial charge in [0.25, 0.3) is 11.6 Å². The molecule has 2 fully saturated rings. The van der Waals surface area contributed by atoms with Gasteiger partial charge in [-0.25, -0.2) is 9.59 Å². The van der Waals surface area contributed by atoms with Gasteiger partial charge in [-0.3, -0.25) is 19.1 Å². The van der Waals surface area contributed by atoms with Crippen LogP contribution in [0, 0.1) is 10.1 Å². The minimum absolute atomic E-state index is 0.00582. The van der Waals surface area contributed by atoms with Gasteiger partial charge in [0.05, 0.1) is 15.7 Å². The molecule has 0 aromatic heterocycles. The Kier molecular flexibility index (Phi) is 6.92. The molecule has 0 bridgehead atoms. The number of nitro benzene ring substituents is 1. The number of non-ortho nitro benzene ring substituents is 1. The fourth-order valence-corrected chi connectivity index (χ4v) is 5.35. The van der Waals surface area contributed by atoms with E-state index < -0.39 is 51.3 Å². The number of rotatable bonds is 7. The number of hydrogen-bond acceptors (Lipinski definition) is 9. The summed E-state index contributed by atoms with van der Waals surface area (Å²) in [7, 11) is -1.65. The monoisotopic (exact) mass is 500 g/mol. The summed E-state index contributed by atoms with van der Waals surface area (Å²) >= 11 is 0. The quantitative estimate of drug-likeness (QED) is 0.184. The Morgan fingerprint density at radius 2 is 1.69 bits per heavy atom. The Morgan fingerprint density at radius 1 is 1.06 bits per heavy atom. The maximum atomic E-state index is 12.7. The van der Waals surface area contributed by atoms with Gasteiger partial charge < -0.3 is 19.1 Å². The number of esters is 1. The molecule has 0 spiro atoms. The van der Waals surface area contributed by atoms with Crippen molar-refractivity contribution in [1.29, 1.82) is 0 Å². The number of amides is 1. The second-order valence-electron chi connectivity index (χ2n) is 7.82. The number of benzene rings is 2. The van der Waals surface area contributed by atoms with E-state index in [-0.39, 0.29) is 30.2 Å². The first kappa shape index (κ1) is 24.1. The number of ether oxygens (including phenoxy) is 3. The molecule has 2 aliphatic heterocycles. The van der Waals surface area contributed by atoms with Crippen molar-refractivity contribution in [2.75, 3.05) is 5.75 Å². The second kappa shape index (κ2) is 10.1. The molecule has 12 heteroatoms. The van der Waals surface area contributed by atoms with Crippen LogP contribution in [0.2, 0.25) is 0 Å². The molecule has 2 aliphatic rings. The maximum Gasteiger partial charge on any atom is 0.509 e. The molecule has 35 heavy (non-hydrogen) atoms. The van der Waals surface area contributed by atoms with Gasteiger partial charge in [-0.05, 0) is 28.8 Å². The lowest BCUT2D eigenvalue weighted by molar-refractivity contribution is -0.384. The Hall–Kier alpha value is -4.06. The topological polar surface area (TPSA) is 142 Å². The maximum absolute atomic E-state index is 12.7. The molecule has 182 valence electrons. The van der Waals surface area contributed by atoms with Crippen molar-refractivity contribution >= 4 is 34.5 Å². The molecular weight excluding hydrogens is 480 g/mol. The molecule has 4 rings (SSSR count). The summed E-state index contributed by atoms with van der Waals surface area (Å²) in [6, 6.07) is 13.2. The Bertz CT molecular complexity index is 1200. The number of fused-ring (bicyclic) bond motifs is 1. The normalized spacial score (nSPS) is 23.0. The molecule has 0 aliphatic carbocycles. The Labute approximate surface area is 201 Å². The van der Waals surface area contributed by atoms with Crippen molar-refractivity contribution in [1.82, 2.24) is 4.90 Å². The molecule has 2 aromatic carbocycles. The third kappa shape index (κ3) is 5.06. The smallest absolute Gasteiger partial charge is 0.459 e. The van der Waals surface area contributed by atoms with Gasteiger partial charge in [-0.2, -0.15) is 0 Å². The lowest BCUT2D eigenvalue weighted by atomic mass is 10.0. The fraction of sp³-hybridized carbons (Fsp3) is 0.261. The largest absolute Gasteiger partial charge is 0.509 e. The highest BCUT2D eigenvalue weighted by Gasteiger charge is 2.61. The van der Waals surface area contributed by atoms with E-state index in [0.717, 1.165) is 10.5 Å². The number of carbonyl (C=O) groups excluding carboxylic acids is 3. The van der Waals surface area contributed by atoms with Crippen molar-refractivity contribution in [3.05, 3.63) is 88.0 Å². The van der Waals surface area contributed by atoms with E-state index in [1.54, 1.807) is 24.3 Å². The number of nitrogens with zero attached hydrogens (tertiary/aromatic N) is 2. The van der Waals surface area contributed by atoms with Crippen LogP contribution in [0.5, 0.6) is 0 Å². The van der Waals surface area contributed by atoms with Crippen LogP contribution in [0.4, 0.5) is 10.5 Å². The zero-order chi connectivity index (χ0) is 25.1. The van der Waals surface area contributed by atoms with Gasteiger partial charge in [-0.15, -0.1) is 0 Å². The van der Waals surface area contributed by atoms with Gasteiger partial charge >= 0.3 is 12.1 Å². The molecule has 2 aromatic rings. The van der Waals surface area contributed by atoms with E-state index in [1.807, 2.05) is 6.07 Å². The van der Waals surface area contributed by atoms with Crippen LogP contribution in [0.1, 0.15) is 11.1 Å². The van der Waals surface area contributed by atoms with Crippen molar-refractivity contribution in [3.63, 3.8) is 0 Å². The van der Waals surface area contributed by atoms with Crippen molar-refractivity contribution in [3.8, 4) is 0 Å². The van der Waals surface area contributed by atoms with Gasteiger partial charge in [0.15, 0.2) is 11.4 Å². The van der Waals surface area contributed by atoms with Crippen molar-refractivity contribution in [2.45, 2.75) is 30.7 Å². The van der Waals surface area contributed by atoms with E-state index in [4.69, 9.17) is 14.2 Å². The summed E-state index contributed by atoms with van der Waals surface area (Å²) in [6.45, 7) is 3.52. The summed E-state index contributed by atoms with van der Waals surface area (Å²) < 4.78 is 28.0. The lowest BCUT2D eigenvalue weighted by Gasteiger charge is -2.51. The van der Waals surface area contributed by atoms with E-state index in [9.17, 15) is 28.7 Å². The molecule has 2 unspecified atom stereocenters. The summed E-state index contributed by atoms with van der Waals surface area (Å²) in [5.74, 6) is -1.48. The Balaban J connectivity index is 1.35. The fourth-order valence-electron chi connectivity index (χ4n) is 3.73. The lowest BCUT2D eigenvalue weighted by Crippen LogP contribution is -2.74. The minimum atomic E-state index is -1.65. The first-order chi connectivity index (χ1) is 16.8. The molecule has 0 radical (unpaired) electrons. The number of carbonyl (C=O) groups is 3. The average Bonchev–Trinajstić information content (AvgIpc) is 2.85. The van der Waals surface area contributed by atoms with Crippen LogP contribution in [-0.2, 0) is 47.8 Å². The van der Waals surface area contributed by atoms with Crippen LogP contribution in [0.15, 0.2) is 66.7 Å². The highest BCUT2D eigenvalue weighted by molar-refractivity contribution is 7.86. The van der Waals surface area contributed by atoms with Gasteiger partial charge in [-0.1, -0.05) is 36.9 Å². The third-order valence-electron chi connectivity index (χ3n) is 5.47. The molecule has 4 atom stereocenters. The molecule has 11 nitrogen and oxygen atoms in total. The predicted octanol–water partition coefficient (Wildman–Crippen LogP) is 2.22. The van der Waals surface area contributed by atoms with Crippen LogP contribution >= 0.6 is 0 Å². The van der Waals surface area contributed by atoms with Crippen LogP contribution in [-0.4, -0.2) is 55.3 Å². The minimum Gasteiger partial charge on any atom is -0.459 e. The third-order valence-corrected chi connectivity index (χ3v) is 7.14. The van der Waals surface area contributed by atoms with Crippen LogP contribution in [0.25, 0.3) is 0 Å². The molecule has 2 heterocycles. The number of nitro groups is 1. The first-order valence-electron chi connectivity index (χ1n) is 10.4. The summed E-state index contributed by atoms with van der Waals surface area (Å²) in [6.07, 6.45) is -2.55. The predicted molar refractivity (Wildman–Crippen MR) is 121 cm³/mol. The van der Waals surface area contributed by atoms with Crippen LogP contribution < -0.4 is 0 Å².